The largest absolute Gasteiger partial charge is 0.388 e. The molecule has 1 aliphatic carbocycles. The highest BCUT2D eigenvalue weighted by molar-refractivity contribution is 14.0. The quantitative estimate of drug-likeness (QED) is 0.348. The maximum atomic E-state index is 13.4. The van der Waals surface area contributed by atoms with Crippen LogP contribution in [0.4, 0.5) is 10.1 Å². The monoisotopic (exact) mass is 476 g/mol. The Labute approximate surface area is 172 Å². The highest BCUT2D eigenvalue weighted by Crippen LogP contribution is 2.31. The fourth-order valence-electron chi connectivity index (χ4n) is 3.44. The number of halogens is 2. The molecule has 1 heterocycles. The number of hydrogen-bond acceptors (Lipinski definition) is 3. The molecule has 1 aromatic rings. The molecule has 0 unspecified atom stereocenters. The number of hydrogen-bond donors (Lipinski definition) is 3. The highest BCUT2D eigenvalue weighted by Gasteiger charge is 2.34. The first-order chi connectivity index (χ1) is 12.1. The molecular formula is C19H30FIN4O. The van der Waals surface area contributed by atoms with Gasteiger partial charge in [-0.2, -0.15) is 0 Å². The molecule has 1 aromatic carbocycles. The number of guanidine groups is 1. The van der Waals surface area contributed by atoms with E-state index < -0.39 is 5.60 Å². The van der Waals surface area contributed by atoms with Crippen LogP contribution in [0.2, 0.25) is 0 Å². The van der Waals surface area contributed by atoms with Crippen LogP contribution in [0.5, 0.6) is 0 Å². The Hall–Kier alpha value is -1.09. The summed E-state index contributed by atoms with van der Waals surface area (Å²) in [5, 5.41) is 17.0. The summed E-state index contributed by atoms with van der Waals surface area (Å²) in [4.78, 5) is 6.80. The fraction of sp³-hybridized carbons (Fsp3) is 0.632. The molecule has 2 aliphatic rings. The molecule has 1 saturated heterocycles. The zero-order valence-electron chi connectivity index (χ0n) is 15.4. The molecule has 2 fully saturated rings. The molecular weight excluding hydrogens is 446 g/mol. The molecule has 0 radical (unpaired) electrons. The number of aliphatic hydroxyl groups is 1. The lowest BCUT2D eigenvalue weighted by Crippen LogP contribution is -2.49. The van der Waals surface area contributed by atoms with Crippen LogP contribution in [0.25, 0.3) is 0 Å². The molecule has 0 amide bonds. The van der Waals surface area contributed by atoms with E-state index in [-0.39, 0.29) is 29.8 Å². The molecule has 7 heteroatoms. The molecule has 3 rings (SSSR count). The van der Waals surface area contributed by atoms with E-state index in [1.807, 2.05) is 13.0 Å². The molecule has 3 N–H and O–H groups in total. The summed E-state index contributed by atoms with van der Waals surface area (Å²) >= 11 is 0. The van der Waals surface area contributed by atoms with Gasteiger partial charge in [0.05, 0.1) is 12.1 Å². The topological polar surface area (TPSA) is 59.9 Å². The number of anilines is 1. The summed E-state index contributed by atoms with van der Waals surface area (Å²) < 4.78 is 13.4. The maximum absolute atomic E-state index is 13.4. The van der Waals surface area contributed by atoms with Gasteiger partial charge in [-0.25, -0.2) is 4.39 Å². The second kappa shape index (κ2) is 9.73. The predicted octanol–water partition coefficient (Wildman–Crippen LogP) is 2.88. The van der Waals surface area contributed by atoms with Crippen molar-refractivity contribution in [2.75, 3.05) is 31.1 Å². The van der Waals surface area contributed by atoms with Gasteiger partial charge in [0.1, 0.15) is 5.82 Å². The van der Waals surface area contributed by atoms with Crippen LogP contribution in [0.3, 0.4) is 0 Å². The number of rotatable bonds is 5. The van der Waals surface area contributed by atoms with Crippen molar-refractivity contribution in [1.29, 1.82) is 0 Å². The van der Waals surface area contributed by atoms with Gasteiger partial charge in [-0.05, 0) is 57.2 Å². The first-order valence-electron chi connectivity index (χ1n) is 9.36. The Morgan fingerprint density at radius 1 is 1.35 bits per heavy atom. The molecule has 1 saturated carbocycles. The van der Waals surface area contributed by atoms with Crippen LogP contribution in [0.1, 0.15) is 39.0 Å². The Balaban J connectivity index is 0.00000243. The van der Waals surface area contributed by atoms with Crippen LogP contribution in [0.15, 0.2) is 29.3 Å². The fourth-order valence-corrected chi connectivity index (χ4v) is 3.44. The lowest BCUT2D eigenvalue weighted by Gasteiger charge is -2.36. The van der Waals surface area contributed by atoms with Crippen molar-refractivity contribution in [3.05, 3.63) is 30.1 Å². The third kappa shape index (κ3) is 5.70. The minimum absolute atomic E-state index is 0. The molecule has 0 atom stereocenters. The zero-order valence-corrected chi connectivity index (χ0v) is 17.7. The molecule has 0 aromatic heterocycles. The zero-order chi connectivity index (χ0) is 17.7. The minimum atomic E-state index is -0.594. The van der Waals surface area contributed by atoms with Crippen LogP contribution < -0.4 is 15.5 Å². The maximum Gasteiger partial charge on any atom is 0.191 e. The van der Waals surface area contributed by atoms with Gasteiger partial charge in [0.2, 0.25) is 0 Å². The van der Waals surface area contributed by atoms with Crippen molar-refractivity contribution in [3.8, 4) is 0 Å². The Morgan fingerprint density at radius 3 is 2.65 bits per heavy atom. The molecule has 1 aliphatic heterocycles. The van der Waals surface area contributed by atoms with Crippen molar-refractivity contribution in [2.24, 2.45) is 4.99 Å². The number of benzene rings is 1. The minimum Gasteiger partial charge on any atom is -0.388 e. The van der Waals surface area contributed by atoms with Gasteiger partial charge in [0, 0.05) is 31.4 Å². The van der Waals surface area contributed by atoms with Gasteiger partial charge >= 0.3 is 0 Å². The van der Waals surface area contributed by atoms with Gasteiger partial charge in [-0.15, -0.1) is 24.0 Å². The first-order valence-corrected chi connectivity index (χ1v) is 9.36. The van der Waals surface area contributed by atoms with Crippen molar-refractivity contribution in [3.63, 3.8) is 0 Å². The molecule has 5 nitrogen and oxygen atoms in total. The average molecular weight is 476 g/mol. The predicted molar refractivity (Wildman–Crippen MR) is 115 cm³/mol. The number of nitrogens with zero attached hydrogens (tertiary/aromatic N) is 2. The van der Waals surface area contributed by atoms with Gasteiger partial charge < -0.3 is 20.6 Å². The number of nitrogens with one attached hydrogen (secondary N) is 2. The van der Waals surface area contributed by atoms with Crippen LogP contribution in [-0.4, -0.2) is 48.9 Å². The van der Waals surface area contributed by atoms with E-state index in [0.717, 1.165) is 63.4 Å². The van der Waals surface area contributed by atoms with Crippen LogP contribution >= 0.6 is 24.0 Å². The summed E-state index contributed by atoms with van der Waals surface area (Å²) in [7, 11) is 0. The average Bonchev–Trinajstić information content (AvgIpc) is 2.59. The van der Waals surface area contributed by atoms with Crippen molar-refractivity contribution < 1.29 is 9.50 Å². The second-order valence-corrected chi connectivity index (χ2v) is 7.16. The lowest BCUT2D eigenvalue weighted by molar-refractivity contribution is -0.0236. The SMILES string of the molecule is CCNC(=NCC1(O)CCC1)NC1CCN(c2cccc(F)c2)CC1.I. The van der Waals surface area contributed by atoms with Gasteiger partial charge in [0.15, 0.2) is 5.96 Å². The van der Waals surface area contributed by atoms with E-state index in [4.69, 9.17) is 0 Å². The van der Waals surface area contributed by atoms with E-state index in [1.165, 1.54) is 6.07 Å². The van der Waals surface area contributed by atoms with E-state index in [1.54, 1.807) is 12.1 Å². The van der Waals surface area contributed by atoms with E-state index in [0.29, 0.717) is 12.6 Å². The Kier molecular flexibility index (Phi) is 7.94. The van der Waals surface area contributed by atoms with Gasteiger partial charge in [0.25, 0.3) is 0 Å². The van der Waals surface area contributed by atoms with Crippen LogP contribution in [0, 0.1) is 5.82 Å². The van der Waals surface area contributed by atoms with E-state index >= 15 is 0 Å². The summed E-state index contributed by atoms with van der Waals surface area (Å²) in [5.74, 6) is 0.597. The van der Waals surface area contributed by atoms with Crippen molar-refractivity contribution in [2.45, 2.75) is 50.7 Å². The van der Waals surface area contributed by atoms with Crippen LogP contribution in [-0.2, 0) is 0 Å². The summed E-state index contributed by atoms with van der Waals surface area (Å²) in [6, 6.07) is 7.14. The van der Waals surface area contributed by atoms with E-state index in [2.05, 4.69) is 20.5 Å². The summed E-state index contributed by atoms with van der Waals surface area (Å²) in [6.07, 6.45) is 4.74. The first kappa shape index (κ1) is 21.2. The number of aliphatic imine (C=N–C) groups is 1. The Bertz CT molecular complexity index is 601. The Morgan fingerprint density at radius 2 is 2.08 bits per heavy atom. The van der Waals surface area contributed by atoms with Gasteiger partial charge in [-0.1, -0.05) is 6.07 Å². The smallest absolute Gasteiger partial charge is 0.191 e. The standard InChI is InChI=1S/C19H29FN4O.HI/c1-2-21-18(22-14-19(25)9-4-10-19)23-16-7-11-24(12-8-16)17-6-3-5-15(20)13-17;/h3,5-6,13,16,25H,2,4,7-12,14H2,1H3,(H2,21,22,23);1H. The molecule has 0 spiro atoms. The third-order valence-electron chi connectivity index (χ3n) is 5.17. The van der Waals surface area contributed by atoms with Gasteiger partial charge in [-0.3, -0.25) is 4.99 Å². The summed E-state index contributed by atoms with van der Waals surface area (Å²) in [6.45, 7) is 5.09. The van der Waals surface area contributed by atoms with E-state index in [9.17, 15) is 9.50 Å². The molecule has 146 valence electrons. The molecule has 0 bridgehead atoms. The highest BCUT2D eigenvalue weighted by atomic mass is 127. The van der Waals surface area contributed by atoms with Crippen molar-refractivity contribution >= 4 is 35.6 Å². The molecule has 26 heavy (non-hydrogen) atoms. The number of piperidine rings is 1. The third-order valence-corrected chi connectivity index (χ3v) is 5.17. The van der Waals surface area contributed by atoms with Crippen molar-refractivity contribution in [1.82, 2.24) is 10.6 Å². The lowest BCUT2D eigenvalue weighted by atomic mass is 9.80. The normalized spacial score (nSPS) is 20.1. The summed E-state index contributed by atoms with van der Waals surface area (Å²) in [5.41, 5.74) is 0.356. The second-order valence-electron chi connectivity index (χ2n) is 7.16.